The summed E-state index contributed by atoms with van der Waals surface area (Å²) in [4.78, 5) is 19.4. The quantitative estimate of drug-likeness (QED) is 0.740. The van der Waals surface area contributed by atoms with Crippen LogP contribution in [-0.2, 0) is 4.79 Å². The fourth-order valence-electron chi connectivity index (χ4n) is 2.86. The summed E-state index contributed by atoms with van der Waals surface area (Å²) in [5.41, 5.74) is 2.17. The average molecular weight is 357 g/mol. The molecule has 1 amide bonds. The summed E-state index contributed by atoms with van der Waals surface area (Å²) in [5.74, 6) is -0.431. The van der Waals surface area contributed by atoms with Gasteiger partial charge in [-0.15, -0.1) is 0 Å². The first-order valence-electron chi connectivity index (χ1n) is 7.15. The standard InChI is InChI=1S/C18H10Cl2N2O2/c19-11-5-1-3-9(7-11)13-15-16(22-17(13)23)14(18(24)21-15)10-4-2-6-12(20)8-10/h1-8,21,24H. The van der Waals surface area contributed by atoms with E-state index in [4.69, 9.17) is 23.2 Å². The van der Waals surface area contributed by atoms with Gasteiger partial charge in [-0.05, 0) is 35.4 Å². The van der Waals surface area contributed by atoms with E-state index in [-0.39, 0.29) is 11.8 Å². The number of nitrogens with one attached hydrogen (secondary N) is 1. The fraction of sp³-hybridized carbons (Fsp3) is 0. The Balaban J connectivity index is 2.03. The lowest BCUT2D eigenvalue weighted by atomic mass is 10.1. The number of fused-ring (bicyclic) bond motifs is 1. The maximum Gasteiger partial charge on any atom is 0.280 e. The van der Waals surface area contributed by atoms with Crippen molar-refractivity contribution in [1.29, 1.82) is 0 Å². The number of H-pyrrole nitrogens is 1. The van der Waals surface area contributed by atoms with Crippen molar-refractivity contribution < 1.29 is 9.90 Å². The lowest BCUT2D eigenvalue weighted by molar-refractivity contribution is -0.112. The van der Waals surface area contributed by atoms with Crippen molar-refractivity contribution >= 4 is 34.7 Å². The van der Waals surface area contributed by atoms with Gasteiger partial charge in [-0.2, -0.15) is 0 Å². The van der Waals surface area contributed by atoms with Crippen LogP contribution in [0, 0.1) is 0 Å². The molecule has 3 aromatic rings. The molecule has 24 heavy (non-hydrogen) atoms. The maximum absolute atomic E-state index is 12.4. The highest BCUT2D eigenvalue weighted by molar-refractivity contribution is 6.31. The molecule has 1 aromatic heterocycles. The van der Waals surface area contributed by atoms with Crippen LogP contribution in [0.25, 0.3) is 16.7 Å². The third-order valence-electron chi connectivity index (χ3n) is 3.86. The summed E-state index contributed by atoms with van der Waals surface area (Å²) in [6, 6.07) is 14.0. The maximum atomic E-state index is 12.4. The van der Waals surface area contributed by atoms with Gasteiger partial charge >= 0.3 is 0 Å². The minimum absolute atomic E-state index is 0.0574. The summed E-state index contributed by atoms with van der Waals surface area (Å²) < 4.78 is 0. The highest BCUT2D eigenvalue weighted by atomic mass is 35.5. The van der Waals surface area contributed by atoms with Crippen LogP contribution in [-0.4, -0.2) is 16.0 Å². The molecular weight excluding hydrogens is 347 g/mol. The van der Waals surface area contributed by atoms with Crippen LogP contribution in [0.5, 0.6) is 5.88 Å². The predicted octanol–water partition coefficient (Wildman–Crippen LogP) is 3.05. The first-order chi connectivity index (χ1) is 11.5. The number of hydrogen-bond acceptors (Lipinski definition) is 2. The fourth-order valence-corrected chi connectivity index (χ4v) is 3.24. The second kappa shape index (κ2) is 5.51. The van der Waals surface area contributed by atoms with E-state index in [1.165, 1.54) is 0 Å². The second-order valence-corrected chi connectivity index (χ2v) is 6.26. The molecule has 0 spiro atoms. The molecule has 0 radical (unpaired) electrons. The number of aromatic hydroxyl groups is 1. The Morgan fingerprint density at radius 1 is 0.958 bits per heavy atom. The molecule has 2 N–H and O–H groups in total. The molecule has 4 rings (SSSR count). The lowest BCUT2D eigenvalue weighted by Crippen LogP contribution is -2.22. The molecule has 6 heteroatoms. The van der Waals surface area contributed by atoms with E-state index in [0.29, 0.717) is 43.0 Å². The van der Waals surface area contributed by atoms with Crippen LogP contribution in [0.1, 0.15) is 5.56 Å². The molecule has 0 unspecified atom stereocenters. The van der Waals surface area contributed by atoms with Gasteiger partial charge in [-0.3, -0.25) is 4.79 Å². The van der Waals surface area contributed by atoms with Gasteiger partial charge in [-0.25, -0.2) is 4.99 Å². The number of halogens is 2. The van der Waals surface area contributed by atoms with Gasteiger partial charge in [0.2, 0.25) is 0 Å². The number of amides is 1. The molecule has 118 valence electrons. The monoisotopic (exact) mass is 356 g/mol. The van der Waals surface area contributed by atoms with E-state index in [2.05, 4.69) is 9.98 Å². The van der Waals surface area contributed by atoms with Crippen LogP contribution in [0.4, 0.5) is 0 Å². The summed E-state index contributed by atoms with van der Waals surface area (Å²) >= 11 is 12.0. The number of aromatic nitrogens is 1. The van der Waals surface area contributed by atoms with E-state index in [1.54, 1.807) is 48.5 Å². The molecule has 0 saturated carbocycles. The van der Waals surface area contributed by atoms with Gasteiger partial charge in [-0.1, -0.05) is 47.5 Å². The molecule has 0 atom stereocenters. The van der Waals surface area contributed by atoms with Crippen molar-refractivity contribution in [2.24, 2.45) is 4.99 Å². The first kappa shape index (κ1) is 15.0. The predicted molar refractivity (Wildman–Crippen MR) is 92.7 cm³/mol. The van der Waals surface area contributed by atoms with Gasteiger partial charge in [0.25, 0.3) is 5.91 Å². The zero-order chi connectivity index (χ0) is 16.8. The number of benzene rings is 2. The molecule has 1 aliphatic rings. The normalized spacial score (nSPS) is 13.1. The number of rotatable bonds is 2. The zero-order valence-corrected chi connectivity index (χ0v) is 13.7. The molecule has 2 aromatic carbocycles. The summed E-state index contributed by atoms with van der Waals surface area (Å²) in [5, 5.41) is 12.3. The molecule has 0 bridgehead atoms. The zero-order valence-electron chi connectivity index (χ0n) is 12.2. The molecule has 1 aliphatic heterocycles. The Bertz CT molecular complexity index is 1120. The van der Waals surface area contributed by atoms with Crippen molar-refractivity contribution in [3.05, 3.63) is 74.8 Å². The summed E-state index contributed by atoms with van der Waals surface area (Å²) in [6.45, 7) is 0. The van der Waals surface area contributed by atoms with E-state index >= 15 is 0 Å². The van der Waals surface area contributed by atoms with Gasteiger partial charge in [0.05, 0.1) is 16.5 Å². The molecule has 0 saturated heterocycles. The smallest absolute Gasteiger partial charge is 0.280 e. The van der Waals surface area contributed by atoms with Gasteiger partial charge < -0.3 is 10.1 Å². The van der Waals surface area contributed by atoms with Crippen molar-refractivity contribution in [2.45, 2.75) is 0 Å². The highest BCUT2D eigenvalue weighted by Crippen LogP contribution is 2.27. The topological polar surface area (TPSA) is 65.4 Å². The number of nitrogens with zero attached hydrogens (tertiary/aromatic N) is 1. The lowest BCUT2D eigenvalue weighted by Gasteiger charge is -2.01. The first-order valence-corrected chi connectivity index (χ1v) is 7.90. The Morgan fingerprint density at radius 2 is 1.58 bits per heavy atom. The van der Waals surface area contributed by atoms with E-state index in [9.17, 15) is 9.90 Å². The van der Waals surface area contributed by atoms with E-state index < -0.39 is 0 Å². The molecule has 4 nitrogen and oxygen atoms in total. The molecule has 0 aliphatic carbocycles. The highest BCUT2D eigenvalue weighted by Gasteiger charge is 2.24. The average Bonchev–Trinajstić information content (AvgIpc) is 2.99. The van der Waals surface area contributed by atoms with E-state index in [0.717, 1.165) is 0 Å². The Labute approximate surface area is 146 Å². The second-order valence-electron chi connectivity index (χ2n) is 5.38. The molecule has 2 heterocycles. The Morgan fingerprint density at radius 3 is 2.25 bits per heavy atom. The largest absolute Gasteiger partial charge is 0.494 e. The SMILES string of the molecule is O=C1N=c2c(-c3cccc(Cl)c3)c(O)[nH]c2=C1c1cccc(Cl)c1. The summed E-state index contributed by atoms with van der Waals surface area (Å²) in [7, 11) is 0. The van der Waals surface area contributed by atoms with E-state index in [1.807, 2.05) is 0 Å². The number of carbonyl (C=O) groups excluding carboxylic acids is 1. The van der Waals surface area contributed by atoms with Crippen molar-refractivity contribution in [1.82, 2.24) is 4.98 Å². The minimum atomic E-state index is -0.373. The minimum Gasteiger partial charge on any atom is -0.494 e. The van der Waals surface area contributed by atoms with Crippen LogP contribution in [0.3, 0.4) is 0 Å². The molecule has 0 fully saturated rings. The van der Waals surface area contributed by atoms with Crippen molar-refractivity contribution in [2.75, 3.05) is 0 Å². The third-order valence-corrected chi connectivity index (χ3v) is 4.33. The number of hydrogen-bond donors (Lipinski definition) is 2. The number of carbonyl (C=O) groups is 1. The van der Waals surface area contributed by atoms with Crippen LogP contribution < -0.4 is 10.7 Å². The molecular formula is C18H10Cl2N2O2. The Hall–Kier alpha value is -2.56. The third kappa shape index (κ3) is 2.31. The summed E-state index contributed by atoms with van der Waals surface area (Å²) in [6.07, 6.45) is 0. The van der Waals surface area contributed by atoms with Crippen LogP contribution in [0.15, 0.2) is 53.5 Å². The van der Waals surface area contributed by atoms with Gasteiger partial charge in [0, 0.05) is 10.0 Å². The Kier molecular flexibility index (Phi) is 3.44. The van der Waals surface area contributed by atoms with Gasteiger partial charge in [0.1, 0.15) is 5.36 Å². The van der Waals surface area contributed by atoms with Crippen LogP contribution >= 0.6 is 23.2 Å². The van der Waals surface area contributed by atoms with Gasteiger partial charge in [0.15, 0.2) is 5.88 Å². The van der Waals surface area contributed by atoms with Crippen molar-refractivity contribution in [3.8, 4) is 17.0 Å². The van der Waals surface area contributed by atoms with Crippen LogP contribution in [0.2, 0.25) is 10.0 Å². The number of aromatic amines is 1. The van der Waals surface area contributed by atoms with Crippen molar-refractivity contribution in [3.63, 3.8) is 0 Å².